The lowest BCUT2D eigenvalue weighted by molar-refractivity contribution is 0.102. The number of nitrogens with one attached hydrogen (secondary N) is 1. The third-order valence-electron chi connectivity index (χ3n) is 4.12. The molecule has 0 atom stereocenters. The van der Waals surface area contributed by atoms with Crippen molar-refractivity contribution in [1.82, 2.24) is 4.98 Å². The van der Waals surface area contributed by atoms with Gasteiger partial charge in [-0.3, -0.25) is 4.79 Å². The highest BCUT2D eigenvalue weighted by Gasteiger charge is 2.14. The van der Waals surface area contributed by atoms with Gasteiger partial charge in [0.2, 0.25) is 5.89 Å². The van der Waals surface area contributed by atoms with Crippen LogP contribution >= 0.6 is 27.5 Å². The van der Waals surface area contributed by atoms with Gasteiger partial charge in [0.1, 0.15) is 11.3 Å². The van der Waals surface area contributed by atoms with Gasteiger partial charge in [0.25, 0.3) is 5.91 Å². The molecule has 0 aliphatic heterocycles. The van der Waals surface area contributed by atoms with Crippen molar-refractivity contribution in [2.75, 3.05) is 12.4 Å². The van der Waals surface area contributed by atoms with E-state index in [1.807, 2.05) is 18.2 Å². The molecule has 4 rings (SSSR count). The first-order valence-electron chi connectivity index (χ1n) is 8.35. The Bertz CT molecular complexity index is 1190. The molecule has 4 aromatic rings. The van der Waals surface area contributed by atoms with Gasteiger partial charge in [0, 0.05) is 20.7 Å². The van der Waals surface area contributed by atoms with E-state index >= 15 is 0 Å². The topological polar surface area (TPSA) is 64.4 Å². The number of nitrogens with zero attached hydrogens (tertiary/aromatic N) is 1. The second kappa shape index (κ2) is 7.66. The van der Waals surface area contributed by atoms with Crippen LogP contribution in [0.4, 0.5) is 5.69 Å². The first-order valence-corrected chi connectivity index (χ1v) is 9.52. The number of carbonyl (C=O) groups is 1. The van der Waals surface area contributed by atoms with Crippen molar-refractivity contribution in [3.8, 4) is 17.2 Å². The number of benzene rings is 3. The molecule has 1 amide bonds. The third-order valence-corrected chi connectivity index (χ3v) is 4.85. The number of anilines is 1. The van der Waals surface area contributed by atoms with E-state index in [1.54, 1.807) is 42.5 Å². The van der Waals surface area contributed by atoms with Gasteiger partial charge >= 0.3 is 0 Å². The fourth-order valence-electron chi connectivity index (χ4n) is 2.81. The molecule has 1 aromatic heterocycles. The smallest absolute Gasteiger partial charge is 0.259 e. The first kappa shape index (κ1) is 18.5. The van der Waals surface area contributed by atoms with Crippen LogP contribution in [0.2, 0.25) is 5.02 Å². The molecule has 0 bridgehead atoms. The summed E-state index contributed by atoms with van der Waals surface area (Å²) >= 11 is 9.39. The molecule has 7 heteroatoms. The standard InChI is InChI=1S/C21H14BrClN2O3/c1-27-18-7-5-13(22)10-16(18)20(26)24-15-4-2-3-12(9-15)21-25-17-11-14(23)6-8-19(17)28-21/h2-11H,1H3,(H,24,26). The maximum absolute atomic E-state index is 12.7. The summed E-state index contributed by atoms with van der Waals surface area (Å²) in [5.41, 5.74) is 3.11. The number of hydrogen-bond acceptors (Lipinski definition) is 4. The lowest BCUT2D eigenvalue weighted by atomic mass is 10.1. The minimum atomic E-state index is -0.278. The van der Waals surface area contributed by atoms with E-state index in [0.29, 0.717) is 39.0 Å². The van der Waals surface area contributed by atoms with Crippen molar-refractivity contribution in [3.63, 3.8) is 0 Å². The van der Waals surface area contributed by atoms with Crippen molar-refractivity contribution in [3.05, 3.63) is 75.7 Å². The van der Waals surface area contributed by atoms with E-state index in [0.717, 1.165) is 10.0 Å². The van der Waals surface area contributed by atoms with Crippen molar-refractivity contribution < 1.29 is 13.9 Å². The van der Waals surface area contributed by atoms with E-state index < -0.39 is 0 Å². The number of carbonyl (C=O) groups excluding carboxylic acids is 1. The summed E-state index contributed by atoms with van der Waals surface area (Å²) in [7, 11) is 1.53. The number of methoxy groups -OCH3 is 1. The van der Waals surface area contributed by atoms with Gasteiger partial charge in [-0.05, 0) is 54.6 Å². The van der Waals surface area contributed by atoms with Crippen LogP contribution < -0.4 is 10.1 Å². The molecular formula is C21H14BrClN2O3. The number of aromatic nitrogens is 1. The van der Waals surface area contributed by atoms with Crippen molar-refractivity contribution in [2.45, 2.75) is 0 Å². The average molecular weight is 458 g/mol. The maximum atomic E-state index is 12.7. The first-order chi connectivity index (χ1) is 13.5. The fraction of sp³-hybridized carbons (Fsp3) is 0.0476. The number of ether oxygens (including phenoxy) is 1. The van der Waals surface area contributed by atoms with Crippen LogP contribution in [0.3, 0.4) is 0 Å². The second-order valence-electron chi connectivity index (χ2n) is 6.01. The van der Waals surface area contributed by atoms with Crippen molar-refractivity contribution in [2.24, 2.45) is 0 Å². The van der Waals surface area contributed by atoms with E-state index in [2.05, 4.69) is 26.2 Å². The van der Waals surface area contributed by atoms with E-state index in [4.69, 9.17) is 20.8 Å². The number of rotatable bonds is 4. The minimum Gasteiger partial charge on any atom is -0.496 e. The van der Waals surface area contributed by atoms with Gasteiger partial charge in [-0.15, -0.1) is 0 Å². The van der Waals surface area contributed by atoms with Gasteiger partial charge in [0.15, 0.2) is 5.58 Å². The minimum absolute atomic E-state index is 0.278. The molecule has 0 saturated carbocycles. The lowest BCUT2D eigenvalue weighted by Gasteiger charge is -2.10. The summed E-state index contributed by atoms with van der Waals surface area (Å²) in [6.07, 6.45) is 0. The Balaban J connectivity index is 1.63. The molecular weight excluding hydrogens is 444 g/mol. The summed E-state index contributed by atoms with van der Waals surface area (Å²) in [5, 5.41) is 3.48. The molecule has 0 aliphatic rings. The molecule has 1 heterocycles. The Labute approximate surface area is 174 Å². The van der Waals surface area contributed by atoms with Crippen LogP contribution in [0.5, 0.6) is 5.75 Å². The van der Waals surface area contributed by atoms with Gasteiger partial charge in [-0.1, -0.05) is 33.6 Å². The SMILES string of the molecule is COc1ccc(Br)cc1C(=O)Nc1cccc(-c2nc3cc(Cl)ccc3o2)c1. The van der Waals surface area contributed by atoms with Crippen molar-refractivity contribution >= 4 is 50.2 Å². The number of fused-ring (bicyclic) bond motifs is 1. The van der Waals surface area contributed by atoms with Crippen LogP contribution in [0.15, 0.2) is 69.6 Å². The number of oxazole rings is 1. The Hall–Kier alpha value is -2.83. The Morgan fingerprint density at radius 2 is 2.00 bits per heavy atom. The number of amides is 1. The molecule has 3 aromatic carbocycles. The summed E-state index contributed by atoms with van der Waals surface area (Å²) < 4.78 is 11.9. The summed E-state index contributed by atoms with van der Waals surface area (Å²) in [5.74, 6) is 0.667. The normalized spacial score (nSPS) is 10.8. The van der Waals surface area contributed by atoms with Crippen molar-refractivity contribution in [1.29, 1.82) is 0 Å². The zero-order chi connectivity index (χ0) is 19.7. The van der Waals surface area contributed by atoms with Gasteiger partial charge in [-0.2, -0.15) is 0 Å². The molecule has 140 valence electrons. The summed E-state index contributed by atoms with van der Waals surface area (Å²) in [6.45, 7) is 0. The second-order valence-corrected chi connectivity index (χ2v) is 7.36. The van der Waals surface area contributed by atoms with Gasteiger partial charge in [0.05, 0.1) is 12.7 Å². The van der Waals surface area contributed by atoms with Crippen LogP contribution in [0.25, 0.3) is 22.6 Å². The Kier molecular flexibility index (Phi) is 5.07. The predicted octanol–water partition coefficient (Wildman–Crippen LogP) is 6.17. The summed E-state index contributed by atoms with van der Waals surface area (Å²) in [6, 6.07) is 17.8. The molecule has 0 fully saturated rings. The van der Waals surface area contributed by atoms with Crippen LogP contribution in [-0.2, 0) is 0 Å². The van der Waals surface area contributed by atoms with Gasteiger partial charge in [-0.25, -0.2) is 4.98 Å². The molecule has 1 N–H and O–H groups in total. The van der Waals surface area contributed by atoms with Crippen LogP contribution in [0, 0.1) is 0 Å². The lowest BCUT2D eigenvalue weighted by Crippen LogP contribution is -2.13. The quantitative estimate of drug-likeness (QED) is 0.398. The number of halogens is 2. The van der Waals surface area contributed by atoms with E-state index in [1.165, 1.54) is 7.11 Å². The zero-order valence-electron chi connectivity index (χ0n) is 14.7. The van der Waals surface area contributed by atoms with Gasteiger partial charge < -0.3 is 14.5 Å². The average Bonchev–Trinajstić information content (AvgIpc) is 3.11. The molecule has 0 saturated heterocycles. The Morgan fingerprint density at radius 1 is 1.14 bits per heavy atom. The van der Waals surface area contributed by atoms with Crippen LogP contribution in [0.1, 0.15) is 10.4 Å². The number of hydrogen-bond donors (Lipinski definition) is 1. The molecule has 0 radical (unpaired) electrons. The monoisotopic (exact) mass is 456 g/mol. The highest BCUT2D eigenvalue weighted by Crippen LogP contribution is 2.29. The predicted molar refractivity (Wildman–Crippen MR) is 113 cm³/mol. The summed E-state index contributed by atoms with van der Waals surface area (Å²) in [4.78, 5) is 17.2. The Morgan fingerprint density at radius 3 is 2.82 bits per heavy atom. The van der Waals surface area contributed by atoms with E-state index in [-0.39, 0.29) is 5.91 Å². The molecule has 28 heavy (non-hydrogen) atoms. The fourth-order valence-corrected chi connectivity index (χ4v) is 3.34. The molecule has 5 nitrogen and oxygen atoms in total. The third kappa shape index (κ3) is 3.74. The maximum Gasteiger partial charge on any atom is 0.259 e. The van der Waals surface area contributed by atoms with E-state index in [9.17, 15) is 4.79 Å². The largest absolute Gasteiger partial charge is 0.496 e. The highest BCUT2D eigenvalue weighted by molar-refractivity contribution is 9.10. The van der Waals surface area contributed by atoms with Crippen LogP contribution in [-0.4, -0.2) is 18.0 Å². The molecule has 0 aliphatic carbocycles. The molecule has 0 spiro atoms. The zero-order valence-corrected chi connectivity index (χ0v) is 17.0. The molecule has 0 unspecified atom stereocenters. The highest BCUT2D eigenvalue weighted by atomic mass is 79.9.